The third kappa shape index (κ3) is 4.66. The minimum absolute atomic E-state index is 0. The van der Waals surface area contributed by atoms with Gasteiger partial charge in [-0.3, -0.25) is 4.79 Å². The van der Waals surface area contributed by atoms with Gasteiger partial charge in [-0.25, -0.2) is 0 Å². The average molecular weight is 317 g/mol. The summed E-state index contributed by atoms with van der Waals surface area (Å²) < 4.78 is 5.29. The molecule has 0 aromatic heterocycles. The van der Waals surface area contributed by atoms with Crippen LogP contribution in [-0.2, 0) is 9.53 Å². The lowest BCUT2D eigenvalue weighted by molar-refractivity contribution is -0.119. The lowest BCUT2D eigenvalue weighted by atomic mass is 9.92. The summed E-state index contributed by atoms with van der Waals surface area (Å²) in [5.74, 6) is 0.114. The van der Waals surface area contributed by atoms with Crippen LogP contribution in [0.3, 0.4) is 0 Å². The lowest BCUT2D eigenvalue weighted by Crippen LogP contribution is -2.44. The summed E-state index contributed by atoms with van der Waals surface area (Å²) in [5, 5.41) is 2.90. The number of ether oxygens (including phenoxy) is 1. The quantitative estimate of drug-likeness (QED) is 0.838. The standard InChI is InChI=1S/C14H20N2O2S.ClH/c1-19-12-4-2-3-11(9-12)16-14(17)13(15)10-5-7-18-8-6-10;/h2-4,9-10,13H,5-8,15H2,1H3,(H,16,17);1H. The number of halogens is 1. The molecule has 1 aliphatic heterocycles. The predicted octanol–water partition coefficient (Wildman–Crippen LogP) is 2.52. The fourth-order valence-electron chi connectivity index (χ4n) is 2.22. The van der Waals surface area contributed by atoms with Crippen LogP contribution in [0.15, 0.2) is 29.2 Å². The van der Waals surface area contributed by atoms with E-state index in [4.69, 9.17) is 10.5 Å². The molecule has 1 aliphatic rings. The van der Waals surface area contributed by atoms with Gasteiger partial charge in [0.1, 0.15) is 0 Å². The van der Waals surface area contributed by atoms with Gasteiger partial charge < -0.3 is 15.8 Å². The molecule has 4 nitrogen and oxygen atoms in total. The van der Waals surface area contributed by atoms with E-state index < -0.39 is 6.04 Å². The van der Waals surface area contributed by atoms with Gasteiger partial charge in [-0.15, -0.1) is 24.2 Å². The molecule has 0 bridgehead atoms. The molecule has 0 aliphatic carbocycles. The Bertz CT molecular complexity index is 439. The molecule has 1 heterocycles. The van der Waals surface area contributed by atoms with Crippen molar-refractivity contribution in [3.05, 3.63) is 24.3 Å². The Balaban J connectivity index is 0.00000200. The Kier molecular flexibility index (Phi) is 7.37. The van der Waals surface area contributed by atoms with Crippen molar-refractivity contribution in [2.24, 2.45) is 11.7 Å². The molecule has 0 radical (unpaired) electrons. The van der Waals surface area contributed by atoms with Gasteiger partial charge in [-0.1, -0.05) is 6.07 Å². The number of rotatable bonds is 4. The Morgan fingerprint density at radius 2 is 2.15 bits per heavy atom. The summed E-state index contributed by atoms with van der Waals surface area (Å²) in [5.41, 5.74) is 6.84. The third-order valence-electron chi connectivity index (χ3n) is 3.41. The molecule has 1 saturated heterocycles. The minimum Gasteiger partial charge on any atom is -0.381 e. The molecule has 0 spiro atoms. The Labute approximate surface area is 130 Å². The zero-order valence-electron chi connectivity index (χ0n) is 11.5. The normalized spacial score (nSPS) is 17.1. The number of amides is 1. The first-order chi connectivity index (χ1) is 9.20. The first-order valence-electron chi connectivity index (χ1n) is 6.49. The topological polar surface area (TPSA) is 64.4 Å². The second kappa shape index (κ2) is 8.52. The van der Waals surface area contributed by atoms with E-state index in [0.717, 1.165) is 23.4 Å². The molecule has 1 fully saturated rings. The summed E-state index contributed by atoms with van der Waals surface area (Å²) in [6, 6.07) is 7.33. The minimum atomic E-state index is -0.457. The van der Waals surface area contributed by atoms with Gasteiger partial charge in [0, 0.05) is 23.8 Å². The highest BCUT2D eigenvalue weighted by atomic mass is 35.5. The van der Waals surface area contributed by atoms with Crippen LogP contribution in [0.25, 0.3) is 0 Å². The molecule has 1 amide bonds. The van der Waals surface area contributed by atoms with E-state index in [-0.39, 0.29) is 24.2 Å². The van der Waals surface area contributed by atoms with Gasteiger partial charge in [0.05, 0.1) is 6.04 Å². The molecule has 112 valence electrons. The van der Waals surface area contributed by atoms with Gasteiger partial charge in [0.25, 0.3) is 0 Å². The maximum Gasteiger partial charge on any atom is 0.241 e. The molecule has 6 heteroatoms. The van der Waals surface area contributed by atoms with Gasteiger partial charge in [-0.2, -0.15) is 0 Å². The van der Waals surface area contributed by atoms with Crippen molar-refractivity contribution in [2.45, 2.75) is 23.8 Å². The van der Waals surface area contributed by atoms with Crippen LogP contribution in [0.1, 0.15) is 12.8 Å². The number of carbonyl (C=O) groups is 1. The van der Waals surface area contributed by atoms with Crippen LogP contribution in [0.5, 0.6) is 0 Å². The molecule has 1 aromatic carbocycles. The van der Waals surface area contributed by atoms with Gasteiger partial charge in [-0.05, 0) is 43.2 Å². The smallest absolute Gasteiger partial charge is 0.241 e. The highest BCUT2D eigenvalue weighted by molar-refractivity contribution is 7.98. The fourth-order valence-corrected chi connectivity index (χ4v) is 2.67. The van der Waals surface area contributed by atoms with Crippen LogP contribution in [0, 0.1) is 5.92 Å². The van der Waals surface area contributed by atoms with Crippen LogP contribution in [-0.4, -0.2) is 31.4 Å². The first-order valence-corrected chi connectivity index (χ1v) is 7.71. The summed E-state index contributed by atoms with van der Waals surface area (Å²) >= 11 is 1.65. The van der Waals surface area contributed by atoms with Gasteiger partial charge in [0.15, 0.2) is 0 Å². The first kappa shape index (κ1) is 17.3. The average Bonchev–Trinajstić information content (AvgIpc) is 2.47. The summed E-state index contributed by atoms with van der Waals surface area (Å²) in [4.78, 5) is 13.3. The summed E-state index contributed by atoms with van der Waals surface area (Å²) in [6.07, 6.45) is 3.73. The van der Waals surface area contributed by atoms with Crippen LogP contribution >= 0.6 is 24.2 Å². The van der Waals surface area contributed by atoms with E-state index in [1.807, 2.05) is 30.5 Å². The third-order valence-corrected chi connectivity index (χ3v) is 4.14. The molecule has 1 unspecified atom stereocenters. The second-order valence-electron chi connectivity index (χ2n) is 4.70. The number of nitrogens with one attached hydrogen (secondary N) is 1. The molecular weight excluding hydrogens is 296 g/mol. The van der Waals surface area contributed by atoms with E-state index in [1.54, 1.807) is 11.8 Å². The number of hydrogen-bond donors (Lipinski definition) is 2. The zero-order valence-corrected chi connectivity index (χ0v) is 13.1. The molecule has 0 saturated carbocycles. The SMILES string of the molecule is CSc1cccc(NC(=O)C(N)C2CCOCC2)c1.Cl. The molecule has 1 aromatic rings. The maximum absolute atomic E-state index is 12.1. The molecule has 3 N–H and O–H groups in total. The van der Waals surface area contributed by atoms with E-state index in [2.05, 4.69) is 5.32 Å². The fraction of sp³-hybridized carbons (Fsp3) is 0.500. The monoisotopic (exact) mass is 316 g/mol. The Morgan fingerprint density at radius 1 is 1.45 bits per heavy atom. The predicted molar refractivity (Wildman–Crippen MR) is 85.6 cm³/mol. The van der Waals surface area contributed by atoms with E-state index in [1.165, 1.54) is 0 Å². The molecule has 20 heavy (non-hydrogen) atoms. The number of benzene rings is 1. The maximum atomic E-state index is 12.1. The highest BCUT2D eigenvalue weighted by Crippen LogP contribution is 2.21. The summed E-state index contributed by atoms with van der Waals surface area (Å²) in [6.45, 7) is 1.40. The Morgan fingerprint density at radius 3 is 2.80 bits per heavy atom. The van der Waals surface area contributed by atoms with Gasteiger partial charge >= 0.3 is 0 Å². The molecule has 2 rings (SSSR count). The number of anilines is 1. The molecular formula is C14H21ClN2O2S. The van der Waals surface area contributed by atoms with E-state index >= 15 is 0 Å². The van der Waals surface area contributed by atoms with E-state index in [9.17, 15) is 4.79 Å². The number of carbonyl (C=O) groups excluding carboxylic acids is 1. The lowest BCUT2D eigenvalue weighted by Gasteiger charge is -2.26. The second-order valence-corrected chi connectivity index (χ2v) is 5.58. The zero-order chi connectivity index (χ0) is 13.7. The number of nitrogens with two attached hydrogens (primary N) is 1. The highest BCUT2D eigenvalue weighted by Gasteiger charge is 2.26. The van der Waals surface area contributed by atoms with Crippen LogP contribution in [0.4, 0.5) is 5.69 Å². The van der Waals surface area contributed by atoms with Crippen molar-refractivity contribution >= 4 is 35.8 Å². The largest absolute Gasteiger partial charge is 0.381 e. The number of hydrogen-bond acceptors (Lipinski definition) is 4. The van der Waals surface area contributed by atoms with Crippen molar-refractivity contribution in [1.29, 1.82) is 0 Å². The van der Waals surface area contributed by atoms with Crippen molar-refractivity contribution in [2.75, 3.05) is 24.8 Å². The van der Waals surface area contributed by atoms with Crippen molar-refractivity contribution in [3.63, 3.8) is 0 Å². The summed E-state index contributed by atoms with van der Waals surface area (Å²) in [7, 11) is 0. The molecule has 1 atom stereocenters. The van der Waals surface area contributed by atoms with Crippen LogP contribution in [0.2, 0.25) is 0 Å². The van der Waals surface area contributed by atoms with Crippen molar-refractivity contribution < 1.29 is 9.53 Å². The van der Waals surface area contributed by atoms with Crippen molar-refractivity contribution in [1.82, 2.24) is 0 Å². The van der Waals surface area contributed by atoms with E-state index in [0.29, 0.717) is 13.2 Å². The number of thioether (sulfide) groups is 1. The van der Waals surface area contributed by atoms with Gasteiger partial charge in [0.2, 0.25) is 5.91 Å². The Hall–Kier alpha value is -0.750. The van der Waals surface area contributed by atoms with Crippen molar-refractivity contribution in [3.8, 4) is 0 Å². The van der Waals surface area contributed by atoms with Crippen LogP contribution < -0.4 is 11.1 Å².